The van der Waals surface area contributed by atoms with Crippen molar-refractivity contribution in [3.63, 3.8) is 0 Å². The molecule has 90 valence electrons. The summed E-state index contributed by atoms with van der Waals surface area (Å²) in [5, 5.41) is 9.74. The number of likely N-dealkylation sites (N-methyl/N-ethyl adjacent to an activating group) is 1. The maximum atomic E-state index is 11.7. The largest absolute Gasteiger partial charge is 0.340 e. The molecule has 0 aliphatic carbocycles. The van der Waals surface area contributed by atoms with Crippen LogP contribution >= 0.6 is 0 Å². The topological polar surface area (TPSA) is 61.0 Å². The lowest BCUT2D eigenvalue weighted by molar-refractivity contribution is -0.129. The Labute approximate surface area is 96.2 Å². The van der Waals surface area contributed by atoms with Crippen molar-refractivity contribution < 1.29 is 4.79 Å². The Morgan fingerprint density at radius 2 is 2.25 bits per heavy atom. The van der Waals surface area contributed by atoms with Crippen LogP contribution in [0.5, 0.6) is 0 Å². The van der Waals surface area contributed by atoms with Crippen molar-refractivity contribution in [3.8, 4) is 0 Å². The highest BCUT2D eigenvalue weighted by atomic mass is 16.2. The smallest absolute Gasteiger partial charge is 0.236 e. The number of carbonyl (C=O) groups excluding carboxylic acids is 1. The third kappa shape index (κ3) is 4.44. The van der Waals surface area contributed by atoms with Crippen LogP contribution in [-0.4, -0.2) is 40.1 Å². The molecule has 16 heavy (non-hydrogen) atoms. The number of aromatic amines is 1. The van der Waals surface area contributed by atoms with E-state index in [0.29, 0.717) is 13.1 Å². The number of hydrogen-bond acceptors (Lipinski definition) is 3. The van der Waals surface area contributed by atoms with Crippen molar-refractivity contribution in [2.24, 2.45) is 0 Å². The van der Waals surface area contributed by atoms with E-state index in [-0.39, 0.29) is 11.4 Å². The number of carbonyl (C=O) groups is 1. The maximum Gasteiger partial charge on any atom is 0.236 e. The minimum Gasteiger partial charge on any atom is -0.340 e. The summed E-state index contributed by atoms with van der Waals surface area (Å²) in [5.41, 5.74) is 0.971. The summed E-state index contributed by atoms with van der Waals surface area (Å²) in [6.07, 6.45) is 3.52. The van der Waals surface area contributed by atoms with Gasteiger partial charge in [0.15, 0.2) is 0 Å². The van der Waals surface area contributed by atoms with Gasteiger partial charge in [0.25, 0.3) is 0 Å². The van der Waals surface area contributed by atoms with Crippen molar-refractivity contribution in [1.29, 1.82) is 0 Å². The van der Waals surface area contributed by atoms with Gasteiger partial charge in [-0.05, 0) is 20.8 Å². The monoisotopic (exact) mass is 224 g/mol. The third-order valence-corrected chi connectivity index (χ3v) is 2.17. The summed E-state index contributed by atoms with van der Waals surface area (Å²) < 4.78 is 0. The number of aromatic nitrogens is 2. The first-order chi connectivity index (χ1) is 7.38. The Balaban J connectivity index is 2.37. The van der Waals surface area contributed by atoms with Gasteiger partial charge < -0.3 is 10.2 Å². The van der Waals surface area contributed by atoms with E-state index in [0.717, 1.165) is 5.56 Å². The fraction of sp³-hybridized carbons (Fsp3) is 0.636. The van der Waals surface area contributed by atoms with Crippen LogP contribution in [0, 0.1) is 0 Å². The van der Waals surface area contributed by atoms with Crippen LogP contribution in [0.25, 0.3) is 0 Å². The van der Waals surface area contributed by atoms with Gasteiger partial charge in [0.05, 0.1) is 12.7 Å². The minimum atomic E-state index is -0.0356. The standard InChI is InChI=1S/C11H20N4O/c1-11(2,3)12-7-10(16)15(4)8-9-5-13-14-6-9/h5-6,12H,7-8H2,1-4H3,(H,13,14). The van der Waals surface area contributed by atoms with Gasteiger partial charge in [0.1, 0.15) is 0 Å². The van der Waals surface area contributed by atoms with Crippen LogP contribution in [-0.2, 0) is 11.3 Å². The van der Waals surface area contributed by atoms with E-state index in [9.17, 15) is 4.79 Å². The van der Waals surface area contributed by atoms with Crippen LogP contribution < -0.4 is 5.32 Å². The van der Waals surface area contributed by atoms with Crippen molar-refractivity contribution in [1.82, 2.24) is 20.4 Å². The van der Waals surface area contributed by atoms with E-state index >= 15 is 0 Å². The molecule has 1 aromatic heterocycles. The average molecular weight is 224 g/mol. The summed E-state index contributed by atoms with van der Waals surface area (Å²) in [6.45, 7) is 7.06. The molecule has 0 unspecified atom stereocenters. The summed E-state index contributed by atoms with van der Waals surface area (Å²) in [7, 11) is 1.79. The number of rotatable bonds is 4. The zero-order valence-electron chi connectivity index (χ0n) is 10.4. The SMILES string of the molecule is CN(Cc1cn[nH]c1)C(=O)CNC(C)(C)C. The number of H-pyrrole nitrogens is 1. The summed E-state index contributed by atoms with van der Waals surface area (Å²) in [4.78, 5) is 13.4. The van der Waals surface area contributed by atoms with Crippen LogP contribution in [0.15, 0.2) is 12.4 Å². The van der Waals surface area contributed by atoms with Crippen molar-refractivity contribution >= 4 is 5.91 Å². The van der Waals surface area contributed by atoms with E-state index in [1.54, 1.807) is 24.3 Å². The molecule has 0 bridgehead atoms. The molecule has 0 aromatic carbocycles. The predicted octanol–water partition coefficient (Wildman–Crippen LogP) is 0.756. The van der Waals surface area contributed by atoms with E-state index in [4.69, 9.17) is 0 Å². The van der Waals surface area contributed by atoms with Gasteiger partial charge in [0.2, 0.25) is 5.91 Å². The van der Waals surface area contributed by atoms with Gasteiger partial charge in [-0.3, -0.25) is 9.89 Å². The van der Waals surface area contributed by atoms with Gasteiger partial charge in [-0.1, -0.05) is 0 Å². The Morgan fingerprint density at radius 3 is 2.75 bits per heavy atom. The molecule has 0 fully saturated rings. The molecule has 0 aliphatic heterocycles. The predicted molar refractivity (Wildman–Crippen MR) is 62.8 cm³/mol. The fourth-order valence-corrected chi connectivity index (χ4v) is 1.20. The quantitative estimate of drug-likeness (QED) is 0.793. The molecule has 1 aromatic rings. The number of amides is 1. The molecule has 2 N–H and O–H groups in total. The van der Waals surface area contributed by atoms with Crippen LogP contribution in [0.4, 0.5) is 0 Å². The van der Waals surface area contributed by atoms with Crippen molar-refractivity contribution in [2.45, 2.75) is 32.9 Å². The van der Waals surface area contributed by atoms with Crippen LogP contribution in [0.2, 0.25) is 0 Å². The third-order valence-electron chi connectivity index (χ3n) is 2.17. The molecule has 1 amide bonds. The Morgan fingerprint density at radius 1 is 1.56 bits per heavy atom. The Bertz CT molecular complexity index is 326. The van der Waals surface area contributed by atoms with Gasteiger partial charge in [-0.2, -0.15) is 5.10 Å². The molecular formula is C11H20N4O. The normalized spacial score (nSPS) is 11.5. The number of hydrogen-bond donors (Lipinski definition) is 2. The first kappa shape index (κ1) is 12.7. The van der Waals surface area contributed by atoms with E-state index in [2.05, 4.69) is 15.5 Å². The molecule has 5 heteroatoms. The summed E-state index contributed by atoms with van der Waals surface area (Å²) in [5.74, 6) is 0.0797. The highest BCUT2D eigenvalue weighted by Crippen LogP contribution is 2.01. The minimum absolute atomic E-state index is 0.0356. The summed E-state index contributed by atoms with van der Waals surface area (Å²) >= 11 is 0. The first-order valence-corrected chi connectivity index (χ1v) is 5.35. The first-order valence-electron chi connectivity index (χ1n) is 5.35. The van der Waals surface area contributed by atoms with E-state index in [1.807, 2.05) is 20.8 Å². The lowest BCUT2D eigenvalue weighted by Crippen LogP contribution is -2.43. The molecule has 5 nitrogen and oxygen atoms in total. The second kappa shape index (κ2) is 5.12. The molecule has 0 radical (unpaired) electrons. The van der Waals surface area contributed by atoms with Gasteiger partial charge in [-0.25, -0.2) is 0 Å². The lowest BCUT2D eigenvalue weighted by Gasteiger charge is -2.23. The molecule has 0 saturated carbocycles. The second-order valence-electron chi connectivity index (χ2n) is 4.96. The zero-order valence-corrected chi connectivity index (χ0v) is 10.4. The number of nitrogens with one attached hydrogen (secondary N) is 2. The molecule has 1 heterocycles. The highest BCUT2D eigenvalue weighted by Gasteiger charge is 2.14. The number of nitrogens with zero attached hydrogens (tertiary/aromatic N) is 2. The molecule has 0 atom stereocenters. The molecule has 1 rings (SSSR count). The lowest BCUT2D eigenvalue weighted by atomic mass is 10.1. The van der Waals surface area contributed by atoms with Crippen LogP contribution in [0.1, 0.15) is 26.3 Å². The maximum absolute atomic E-state index is 11.7. The molecular weight excluding hydrogens is 204 g/mol. The van der Waals surface area contributed by atoms with Crippen LogP contribution in [0.3, 0.4) is 0 Å². The second-order valence-corrected chi connectivity index (χ2v) is 4.96. The van der Waals surface area contributed by atoms with Gasteiger partial charge in [-0.15, -0.1) is 0 Å². The van der Waals surface area contributed by atoms with Crippen molar-refractivity contribution in [3.05, 3.63) is 18.0 Å². The van der Waals surface area contributed by atoms with E-state index in [1.165, 1.54) is 0 Å². The molecule has 0 saturated heterocycles. The average Bonchev–Trinajstić information content (AvgIpc) is 2.65. The Kier molecular flexibility index (Phi) is 4.06. The fourth-order valence-electron chi connectivity index (χ4n) is 1.20. The van der Waals surface area contributed by atoms with Crippen molar-refractivity contribution in [2.75, 3.05) is 13.6 Å². The molecule has 0 spiro atoms. The zero-order chi connectivity index (χ0) is 12.2. The Hall–Kier alpha value is -1.36. The van der Waals surface area contributed by atoms with Gasteiger partial charge >= 0.3 is 0 Å². The molecule has 0 aliphatic rings. The summed E-state index contributed by atoms with van der Waals surface area (Å²) in [6, 6.07) is 0. The highest BCUT2D eigenvalue weighted by molar-refractivity contribution is 5.78. The van der Waals surface area contributed by atoms with E-state index < -0.39 is 0 Å². The van der Waals surface area contributed by atoms with Gasteiger partial charge in [0, 0.05) is 30.9 Å².